The second-order valence-corrected chi connectivity index (χ2v) is 10.6. The van der Waals surface area contributed by atoms with Crippen molar-refractivity contribution in [2.24, 2.45) is 0 Å². The molecule has 0 aliphatic heterocycles. The number of benzene rings is 1. The predicted octanol–water partition coefficient (Wildman–Crippen LogP) is 6.23. The summed E-state index contributed by atoms with van der Waals surface area (Å²) in [4.78, 5) is 0. The van der Waals surface area contributed by atoms with Gasteiger partial charge in [0.25, 0.3) is 0 Å². The van der Waals surface area contributed by atoms with Crippen LogP contribution in [0.15, 0.2) is 18.2 Å². The minimum Gasteiger partial charge on any atom is -0.207 e. The van der Waals surface area contributed by atoms with Gasteiger partial charge in [0.2, 0.25) is 0 Å². The standard InChI is InChI=1S/C18H29F2P/c1-7-11-17(3,4)21(18(5,6)12-8-2)16-10-9-14(19)13-15(16)20/h9-10,13H,7-8,11-12H2,1-6H3. The molecule has 0 saturated carbocycles. The van der Waals surface area contributed by atoms with Crippen LogP contribution in [-0.4, -0.2) is 10.3 Å². The van der Waals surface area contributed by atoms with E-state index >= 15 is 0 Å². The normalized spacial score (nSPS) is 13.0. The summed E-state index contributed by atoms with van der Waals surface area (Å²) in [5.74, 6) is -0.873. The molecule has 0 aliphatic rings. The molecule has 21 heavy (non-hydrogen) atoms. The number of hydrogen-bond donors (Lipinski definition) is 0. The molecule has 120 valence electrons. The van der Waals surface area contributed by atoms with Crippen LogP contribution in [0.4, 0.5) is 8.78 Å². The minimum atomic E-state index is -0.729. The molecule has 0 unspecified atom stereocenters. The van der Waals surface area contributed by atoms with Crippen LogP contribution in [0, 0.1) is 11.6 Å². The van der Waals surface area contributed by atoms with E-state index in [1.54, 1.807) is 6.07 Å². The van der Waals surface area contributed by atoms with Crippen molar-refractivity contribution >= 4 is 13.2 Å². The van der Waals surface area contributed by atoms with Crippen LogP contribution in [0.3, 0.4) is 0 Å². The first-order valence-corrected chi connectivity index (χ1v) is 9.25. The molecule has 0 atom stereocenters. The van der Waals surface area contributed by atoms with Gasteiger partial charge in [0, 0.05) is 11.4 Å². The summed E-state index contributed by atoms with van der Waals surface area (Å²) < 4.78 is 27.7. The Bertz CT molecular complexity index is 448. The summed E-state index contributed by atoms with van der Waals surface area (Å²) in [7, 11) is -0.729. The first kappa shape index (κ1) is 18.6. The van der Waals surface area contributed by atoms with E-state index in [-0.39, 0.29) is 16.1 Å². The fraction of sp³-hybridized carbons (Fsp3) is 0.667. The molecule has 1 rings (SSSR count). The Balaban J connectivity index is 3.37. The van der Waals surface area contributed by atoms with E-state index in [4.69, 9.17) is 0 Å². The lowest BCUT2D eigenvalue weighted by Crippen LogP contribution is -2.36. The van der Waals surface area contributed by atoms with Crippen molar-refractivity contribution in [1.82, 2.24) is 0 Å². The molecule has 0 spiro atoms. The molecule has 0 amide bonds. The van der Waals surface area contributed by atoms with Crippen molar-refractivity contribution in [2.75, 3.05) is 0 Å². The van der Waals surface area contributed by atoms with E-state index in [0.717, 1.165) is 37.1 Å². The lowest BCUT2D eigenvalue weighted by molar-refractivity contribution is 0.558. The van der Waals surface area contributed by atoms with Gasteiger partial charge in [-0.1, -0.05) is 62.3 Å². The van der Waals surface area contributed by atoms with Crippen LogP contribution in [0.2, 0.25) is 0 Å². The van der Waals surface area contributed by atoms with Gasteiger partial charge in [0.1, 0.15) is 11.6 Å². The summed E-state index contributed by atoms with van der Waals surface area (Å²) in [6.45, 7) is 13.3. The Morgan fingerprint density at radius 3 is 1.76 bits per heavy atom. The molecule has 3 heteroatoms. The van der Waals surface area contributed by atoms with E-state index in [0.29, 0.717) is 0 Å². The Hall–Kier alpha value is -0.490. The fourth-order valence-electron chi connectivity index (χ4n) is 3.58. The van der Waals surface area contributed by atoms with E-state index in [9.17, 15) is 8.78 Å². The molecule has 0 saturated heterocycles. The quantitative estimate of drug-likeness (QED) is 0.523. The van der Waals surface area contributed by atoms with E-state index in [1.807, 2.05) is 0 Å². The fourth-order valence-corrected chi connectivity index (χ4v) is 7.92. The van der Waals surface area contributed by atoms with Crippen molar-refractivity contribution in [3.8, 4) is 0 Å². The molecule has 0 radical (unpaired) electrons. The molecular formula is C18H29F2P. The van der Waals surface area contributed by atoms with Crippen molar-refractivity contribution < 1.29 is 8.78 Å². The van der Waals surface area contributed by atoms with Crippen LogP contribution in [-0.2, 0) is 0 Å². The molecule has 1 aromatic rings. The lowest BCUT2D eigenvalue weighted by atomic mass is 10.1. The zero-order chi connectivity index (χ0) is 16.3. The van der Waals surface area contributed by atoms with Gasteiger partial charge in [-0.25, -0.2) is 8.78 Å². The van der Waals surface area contributed by atoms with E-state index < -0.39 is 13.7 Å². The van der Waals surface area contributed by atoms with Crippen molar-refractivity contribution in [2.45, 2.75) is 77.5 Å². The van der Waals surface area contributed by atoms with Gasteiger partial charge < -0.3 is 0 Å². The topological polar surface area (TPSA) is 0 Å². The predicted molar refractivity (Wildman–Crippen MR) is 90.9 cm³/mol. The van der Waals surface area contributed by atoms with Gasteiger partial charge in [-0.3, -0.25) is 0 Å². The number of halogens is 2. The number of rotatable bonds is 7. The second kappa shape index (κ2) is 7.18. The zero-order valence-electron chi connectivity index (χ0n) is 14.3. The highest BCUT2D eigenvalue weighted by atomic mass is 31.1. The highest BCUT2D eigenvalue weighted by molar-refractivity contribution is 7.68. The smallest absolute Gasteiger partial charge is 0.133 e. The summed E-state index contributed by atoms with van der Waals surface area (Å²) in [6, 6.07) is 4.11. The Kier molecular flexibility index (Phi) is 6.35. The third kappa shape index (κ3) is 4.49. The SMILES string of the molecule is CCCC(C)(C)P(c1ccc(F)cc1F)C(C)(C)CCC. The van der Waals surface area contributed by atoms with Crippen molar-refractivity contribution in [3.05, 3.63) is 29.8 Å². The van der Waals surface area contributed by atoms with Gasteiger partial charge in [-0.05, 0) is 35.3 Å². The highest BCUT2D eigenvalue weighted by Gasteiger charge is 2.41. The van der Waals surface area contributed by atoms with Crippen LogP contribution in [0.1, 0.15) is 67.2 Å². The molecule has 0 N–H and O–H groups in total. The number of hydrogen-bond acceptors (Lipinski definition) is 0. The highest BCUT2D eigenvalue weighted by Crippen LogP contribution is 2.62. The van der Waals surface area contributed by atoms with Gasteiger partial charge in [-0.15, -0.1) is 0 Å². The first-order chi connectivity index (χ1) is 9.65. The van der Waals surface area contributed by atoms with Crippen LogP contribution in [0.25, 0.3) is 0 Å². The average Bonchev–Trinajstić information content (AvgIpc) is 2.31. The summed E-state index contributed by atoms with van der Waals surface area (Å²) >= 11 is 0. The van der Waals surface area contributed by atoms with Crippen molar-refractivity contribution in [1.29, 1.82) is 0 Å². The average molecular weight is 314 g/mol. The largest absolute Gasteiger partial charge is 0.207 e. The Labute approximate surface area is 130 Å². The molecular weight excluding hydrogens is 285 g/mol. The molecule has 0 aromatic heterocycles. The monoisotopic (exact) mass is 314 g/mol. The maximum atomic E-state index is 14.4. The molecule has 0 nitrogen and oxygen atoms in total. The molecule has 0 aliphatic carbocycles. The maximum Gasteiger partial charge on any atom is 0.133 e. The minimum absolute atomic E-state index is 0.0431. The maximum absolute atomic E-state index is 14.4. The van der Waals surface area contributed by atoms with Gasteiger partial charge in [0.15, 0.2) is 0 Å². The summed E-state index contributed by atoms with van der Waals surface area (Å²) in [5, 5.41) is 0.811. The zero-order valence-corrected chi connectivity index (χ0v) is 15.2. The van der Waals surface area contributed by atoms with E-state index in [2.05, 4.69) is 41.5 Å². The van der Waals surface area contributed by atoms with Gasteiger partial charge >= 0.3 is 0 Å². The third-order valence-corrected chi connectivity index (χ3v) is 7.80. The van der Waals surface area contributed by atoms with Crippen molar-refractivity contribution in [3.63, 3.8) is 0 Å². The van der Waals surface area contributed by atoms with Gasteiger partial charge in [-0.2, -0.15) is 0 Å². The Morgan fingerprint density at radius 2 is 1.38 bits per heavy atom. The second-order valence-electron chi connectivity index (χ2n) is 7.06. The Morgan fingerprint density at radius 1 is 0.905 bits per heavy atom. The van der Waals surface area contributed by atoms with Crippen LogP contribution in [0.5, 0.6) is 0 Å². The van der Waals surface area contributed by atoms with Crippen LogP contribution < -0.4 is 5.30 Å². The molecule has 0 heterocycles. The van der Waals surface area contributed by atoms with Gasteiger partial charge in [0.05, 0.1) is 0 Å². The lowest BCUT2D eigenvalue weighted by Gasteiger charge is -2.46. The third-order valence-electron chi connectivity index (χ3n) is 4.08. The summed E-state index contributed by atoms with van der Waals surface area (Å²) in [6.07, 6.45) is 4.28. The molecule has 0 fully saturated rings. The summed E-state index contributed by atoms with van der Waals surface area (Å²) in [5.41, 5.74) is 0. The molecule has 0 bridgehead atoms. The molecule has 1 aromatic carbocycles. The van der Waals surface area contributed by atoms with Crippen LogP contribution >= 0.6 is 7.92 Å². The first-order valence-electron chi connectivity index (χ1n) is 7.91. The van der Waals surface area contributed by atoms with E-state index in [1.165, 1.54) is 6.07 Å².